The van der Waals surface area contributed by atoms with E-state index in [2.05, 4.69) is 29.8 Å². The predicted octanol–water partition coefficient (Wildman–Crippen LogP) is 5.00. The Kier molecular flexibility index (Phi) is 5.11. The van der Waals surface area contributed by atoms with Crippen molar-refractivity contribution in [3.63, 3.8) is 0 Å². The Hall–Kier alpha value is -0.450. The smallest absolute Gasteiger partial charge is 0.129 e. The molecule has 1 N–H and O–H groups in total. The summed E-state index contributed by atoms with van der Waals surface area (Å²) in [7, 11) is 0. The number of halogens is 2. The van der Waals surface area contributed by atoms with Gasteiger partial charge < -0.3 is 9.84 Å². The molecule has 1 fully saturated rings. The molecular weight excluding hydrogens is 335 g/mol. The van der Waals surface area contributed by atoms with E-state index in [1.54, 1.807) is 12.1 Å². The van der Waals surface area contributed by atoms with Crippen LogP contribution in [-0.2, 0) is 4.74 Å². The molecule has 1 aromatic rings. The van der Waals surface area contributed by atoms with E-state index < -0.39 is 11.7 Å². The summed E-state index contributed by atoms with van der Waals surface area (Å²) in [6, 6.07) is 4.68. The molecule has 1 aliphatic rings. The lowest BCUT2D eigenvalue weighted by molar-refractivity contribution is -0.154. The molecule has 1 unspecified atom stereocenters. The molecule has 1 saturated carbocycles. The summed E-state index contributed by atoms with van der Waals surface area (Å²) in [6.07, 6.45) is 2.51. The molecule has 0 heterocycles. The fourth-order valence-corrected chi connectivity index (χ4v) is 3.52. The van der Waals surface area contributed by atoms with Crippen molar-refractivity contribution in [1.82, 2.24) is 0 Å². The first-order chi connectivity index (χ1) is 9.80. The quantitative estimate of drug-likeness (QED) is 0.820. The Morgan fingerprint density at radius 3 is 2.48 bits per heavy atom. The highest BCUT2D eigenvalue weighted by atomic mass is 79.9. The maximum absolute atomic E-state index is 14.1. The summed E-state index contributed by atoms with van der Waals surface area (Å²) in [5, 5.41) is 10.8. The van der Waals surface area contributed by atoms with Crippen molar-refractivity contribution in [2.45, 2.75) is 58.2 Å². The van der Waals surface area contributed by atoms with Crippen LogP contribution in [0.3, 0.4) is 0 Å². The van der Waals surface area contributed by atoms with Gasteiger partial charge in [0, 0.05) is 16.6 Å². The van der Waals surface area contributed by atoms with E-state index in [9.17, 15) is 9.50 Å². The minimum atomic E-state index is -0.939. The fourth-order valence-electron chi connectivity index (χ4n) is 3.14. The van der Waals surface area contributed by atoms with E-state index in [4.69, 9.17) is 4.74 Å². The molecule has 1 atom stereocenters. The van der Waals surface area contributed by atoms with Crippen LogP contribution in [0.1, 0.15) is 58.1 Å². The van der Waals surface area contributed by atoms with Crippen LogP contribution in [-0.4, -0.2) is 17.3 Å². The van der Waals surface area contributed by atoms with Crippen LogP contribution in [0, 0.1) is 11.2 Å². The number of ether oxygens (including phenoxy) is 1. The van der Waals surface area contributed by atoms with Gasteiger partial charge in [-0.05, 0) is 56.2 Å². The summed E-state index contributed by atoms with van der Waals surface area (Å²) >= 11 is 3.34. The summed E-state index contributed by atoms with van der Waals surface area (Å²) in [5.41, 5.74) is -0.0975. The molecule has 0 spiro atoms. The maximum Gasteiger partial charge on any atom is 0.129 e. The lowest BCUT2D eigenvalue weighted by atomic mass is 9.68. The maximum atomic E-state index is 14.1. The topological polar surface area (TPSA) is 29.5 Å². The van der Waals surface area contributed by atoms with Crippen molar-refractivity contribution in [3.8, 4) is 0 Å². The highest BCUT2D eigenvalue weighted by molar-refractivity contribution is 9.10. The van der Waals surface area contributed by atoms with Gasteiger partial charge >= 0.3 is 0 Å². The van der Waals surface area contributed by atoms with Crippen molar-refractivity contribution in [2.24, 2.45) is 5.41 Å². The molecule has 0 radical (unpaired) electrons. The van der Waals surface area contributed by atoms with Gasteiger partial charge in [0.25, 0.3) is 0 Å². The van der Waals surface area contributed by atoms with Crippen LogP contribution in [0.4, 0.5) is 4.39 Å². The molecule has 2 rings (SSSR count). The second-order valence-electron chi connectivity index (χ2n) is 6.73. The van der Waals surface area contributed by atoms with E-state index in [-0.39, 0.29) is 11.2 Å². The SMILES string of the molecule is CCOC1(C(O)c2cc(Br)ccc2F)CCC(C)(C)CC1. The molecule has 2 nitrogen and oxygen atoms in total. The first-order valence-electron chi connectivity index (χ1n) is 7.57. The average Bonchev–Trinajstić information content (AvgIpc) is 2.44. The normalized spacial score (nSPS) is 22.0. The number of hydrogen-bond acceptors (Lipinski definition) is 2. The van der Waals surface area contributed by atoms with Gasteiger partial charge in [0.15, 0.2) is 0 Å². The predicted molar refractivity (Wildman–Crippen MR) is 85.7 cm³/mol. The average molecular weight is 359 g/mol. The van der Waals surface area contributed by atoms with Crippen LogP contribution < -0.4 is 0 Å². The van der Waals surface area contributed by atoms with E-state index in [1.165, 1.54) is 6.07 Å². The Morgan fingerprint density at radius 2 is 1.90 bits per heavy atom. The Bertz CT molecular complexity index is 492. The third-order valence-electron chi connectivity index (χ3n) is 4.63. The zero-order chi connectivity index (χ0) is 15.7. The molecule has 0 saturated heterocycles. The lowest BCUT2D eigenvalue weighted by Crippen LogP contribution is -2.45. The van der Waals surface area contributed by atoms with E-state index >= 15 is 0 Å². The monoisotopic (exact) mass is 358 g/mol. The van der Waals surface area contributed by atoms with Crippen LogP contribution in [0.2, 0.25) is 0 Å². The number of benzene rings is 1. The molecule has 1 aliphatic carbocycles. The second-order valence-corrected chi connectivity index (χ2v) is 7.65. The molecule has 0 amide bonds. The molecule has 0 aliphatic heterocycles. The largest absolute Gasteiger partial charge is 0.385 e. The van der Waals surface area contributed by atoms with Crippen molar-refractivity contribution in [2.75, 3.05) is 6.61 Å². The number of hydrogen-bond donors (Lipinski definition) is 1. The van der Waals surface area contributed by atoms with Gasteiger partial charge in [-0.3, -0.25) is 0 Å². The number of aliphatic hydroxyl groups excluding tert-OH is 1. The first-order valence-corrected chi connectivity index (χ1v) is 8.36. The second kappa shape index (κ2) is 6.35. The standard InChI is InChI=1S/C17H24BrFO2/c1-4-21-17(9-7-16(2,3)8-10-17)15(20)13-11-12(18)5-6-14(13)19/h5-6,11,15,20H,4,7-10H2,1-3H3. The zero-order valence-electron chi connectivity index (χ0n) is 13.0. The van der Waals surface area contributed by atoms with Crippen molar-refractivity contribution in [1.29, 1.82) is 0 Å². The Morgan fingerprint density at radius 1 is 1.29 bits per heavy atom. The molecule has 4 heteroatoms. The fraction of sp³-hybridized carbons (Fsp3) is 0.647. The molecule has 1 aromatic carbocycles. The van der Waals surface area contributed by atoms with Crippen LogP contribution >= 0.6 is 15.9 Å². The van der Waals surface area contributed by atoms with Gasteiger partial charge in [0.1, 0.15) is 11.9 Å². The molecule has 118 valence electrons. The summed E-state index contributed by atoms with van der Waals surface area (Å²) in [6.45, 7) is 6.91. The van der Waals surface area contributed by atoms with Gasteiger partial charge in [0.2, 0.25) is 0 Å². The van der Waals surface area contributed by atoms with Gasteiger partial charge in [-0.2, -0.15) is 0 Å². The van der Waals surface area contributed by atoms with E-state index in [1.807, 2.05) is 6.92 Å². The third-order valence-corrected chi connectivity index (χ3v) is 5.13. The highest BCUT2D eigenvalue weighted by Gasteiger charge is 2.45. The Balaban J connectivity index is 2.31. The minimum absolute atomic E-state index is 0.260. The third kappa shape index (κ3) is 3.66. The summed E-state index contributed by atoms with van der Waals surface area (Å²) in [4.78, 5) is 0. The van der Waals surface area contributed by atoms with Gasteiger partial charge in [-0.1, -0.05) is 29.8 Å². The van der Waals surface area contributed by atoms with Crippen molar-refractivity contribution >= 4 is 15.9 Å². The molecule has 0 aromatic heterocycles. The van der Waals surface area contributed by atoms with Gasteiger partial charge in [-0.15, -0.1) is 0 Å². The minimum Gasteiger partial charge on any atom is -0.385 e. The van der Waals surface area contributed by atoms with Crippen LogP contribution in [0.5, 0.6) is 0 Å². The summed E-state index contributed by atoms with van der Waals surface area (Å²) in [5.74, 6) is -0.380. The molecule has 21 heavy (non-hydrogen) atoms. The van der Waals surface area contributed by atoms with E-state index in [0.29, 0.717) is 12.2 Å². The lowest BCUT2D eigenvalue weighted by Gasteiger charge is -2.46. The first kappa shape index (κ1) is 16.9. The van der Waals surface area contributed by atoms with Gasteiger partial charge in [-0.25, -0.2) is 4.39 Å². The van der Waals surface area contributed by atoms with E-state index in [0.717, 1.165) is 30.2 Å². The number of rotatable bonds is 4. The number of aliphatic hydroxyl groups is 1. The summed E-state index contributed by atoms with van der Waals surface area (Å²) < 4.78 is 20.8. The van der Waals surface area contributed by atoms with Gasteiger partial charge in [0.05, 0.1) is 5.60 Å². The van der Waals surface area contributed by atoms with Crippen LogP contribution in [0.15, 0.2) is 22.7 Å². The molecular formula is C17H24BrFO2. The highest BCUT2D eigenvalue weighted by Crippen LogP contribution is 2.48. The Labute approximate surface area is 134 Å². The van der Waals surface area contributed by atoms with Crippen molar-refractivity contribution in [3.05, 3.63) is 34.1 Å². The van der Waals surface area contributed by atoms with Crippen LogP contribution in [0.25, 0.3) is 0 Å². The zero-order valence-corrected chi connectivity index (χ0v) is 14.5. The van der Waals surface area contributed by atoms with Crippen molar-refractivity contribution < 1.29 is 14.2 Å². The molecule has 0 bridgehead atoms.